The molecule has 0 bridgehead atoms. The van der Waals surface area contributed by atoms with E-state index in [2.05, 4.69) is 35.6 Å². The van der Waals surface area contributed by atoms with Gasteiger partial charge in [-0.2, -0.15) is 0 Å². The SMILES string of the molecule is CCC1CCN(c2nccc(C(C)C)n2)C1. The average Bonchev–Trinajstić information content (AvgIpc) is 2.77. The molecular formula is C13H21N3. The van der Waals surface area contributed by atoms with Gasteiger partial charge in [-0.15, -0.1) is 0 Å². The Morgan fingerprint density at radius 2 is 2.31 bits per heavy atom. The van der Waals surface area contributed by atoms with Crippen LogP contribution in [0.3, 0.4) is 0 Å². The summed E-state index contributed by atoms with van der Waals surface area (Å²) in [5, 5.41) is 0. The molecule has 2 heterocycles. The number of hydrogen-bond acceptors (Lipinski definition) is 3. The smallest absolute Gasteiger partial charge is 0.225 e. The first-order valence-electron chi connectivity index (χ1n) is 6.28. The van der Waals surface area contributed by atoms with Gasteiger partial charge in [0, 0.05) is 25.0 Å². The molecule has 88 valence electrons. The molecule has 1 atom stereocenters. The Bertz CT molecular complexity index is 349. The molecule has 1 aromatic rings. The van der Waals surface area contributed by atoms with Crippen molar-refractivity contribution in [3.63, 3.8) is 0 Å². The van der Waals surface area contributed by atoms with Crippen LogP contribution in [-0.2, 0) is 0 Å². The fourth-order valence-electron chi connectivity index (χ4n) is 2.18. The van der Waals surface area contributed by atoms with Crippen molar-refractivity contribution in [2.45, 2.75) is 39.5 Å². The maximum Gasteiger partial charge on any atom is 0.225 e. The van der Waals surface area contributed by atoms with Gasteiger partial charge in [0.1, 0.15) is 0 Å². The third-order valence-corrected chi connectivity index (χ3v) is 3.40. The average molecular weight is 219 g/mol. The first-order chi connectivity index (χ1) is 7.70. The van der Waals surface area contributed by atoms with E-state index in [0.717, 1.165) is 30.6 Å². The zero-order valence-electron chi connectivity index (χ0n) is 10.5. The fraction of sp³-hybridized carbons (Fsp3) is 0.692. The Balaban J connectivity index is 2.12. The quantitative estimate of drug-likeness (QED) is 0.782. The second-order valence-corrected chi connectivity index (χ2v) is 4.95. The van der Waals surface area contributed by atoms with E-state index in [9.17, 15) is 0 Å². The summed E-state index contributed by atoms with van der Waals surface area (Å²) in [4.78, 5) is 11.3. The van der Waals surface area contributed by atoms with Gasteiger partial charge in [-0.25, -0.2) is 9.97 Å². The molecule has 0 N–H and O–H groups in total. The molecule has 1 aliphatic heterocycles. The first-order valence-corrected chi connectivity index (χ1v) is 6.28. The van der Waals surface area contributed by atoms with Gasteiger partial charge < -0.3 is 4.90 Å². The van der Waals surface area contributed by atoms with Gasteiger partial charge in [-0.05, 0) is 24.3 Å². The molecule has 1 aromatic heterocycles. The Kier molecular flexibility index (Phi) is 3.42. The van der Waals surface area contributed by atoms with E-state index in [-0.39, 0.29) is 0 Å². The molecule has 0 spiro atoms. The lowest BCUT2D eigenvalue weighted by atomic mass is 10.1. The molecular weight excluding hydrogens is 198 g/mol. The molecule has 1 aliphatic rings. The normalized spacial score (nSPS) is 20.8. The Morgan fingerprint density at radius 3 is 2.94 bits per heavy atom. The van der Waals surface area contributed by atoms with Gasteiger partial charge in [0.2, 0.25) is 5.95 Å². The number of aromatic nitrogens is 2. The standard InChI is InChI=1S/C13H21N3/c1-4-11-6-8-16(9-11)13-14-7-5-12(15-13)10(2)3/h5,7,10-11H,4,6,8-9H2,1-3H3. The number of rotatable bonds is 3. The predicted octanol–water partition coefficient (Wildman–Crippen LogP) is 2.84. The highest BCUT2D eigenvalue weighted by Crippen LogP contribution is 2.23. The van der Waals surface area contributed by atoms with Crippen LogP contribution in [-0.4, -0.2) is 23.1 Å². The molecule has 1 unspecified atom stereocenters. The monoisotopic (exact) mass is 219 g/mol. The van der Waals surface area contributed by atoms with Crippen molar-refractivity contribution >= 4 is 5.95 Å². The summed E-state index contributed by atoms with van der Waals surface area (Å²) in [7, 11) is 0. The third-order valence-electron chi connectivity index (χ3n) is 3.40. The van der Waals surface area contributed by atoms with Crippen molar-refractivity contribution in [2.24, 2.45) is 5.92 Å². The van der Waals surface area contributed by atoms with Gasteiger partial charge >= 0.3 is 0 Å². The zero-order chi connectivity index (χ0) is 11.5. The number of nitrogens with zero attached hydrogens (tertiary/aromatic N) is 3. The highest BCUT2D eigenvalue weighted by molar-refractivity contribution is 5.32. The zero-order valence-corrected chi connectivity index (χ0v) is 10.5. The second-order valence-electron chi connectivity index (χ2n) is 4.95. The highest BCUT2D eigenvalue weighted by atomic mass is 15.3. The molecule has 3 nitrogen and oxygen atoms in total. The molecule has 1 saturated heterocycles. The van der Waals surface area contributed by atoms with Crippen molar-refractivity contribution in [3.8, 4) is 0 Å². The lowest BCUT2D eigenvalue weighted by molar-refractivity contribution is 0.568. The minimum atomic E-state index is 0.478. The van der Waals surface area contributed by atoms with Crippen molar-refractivity contribution in [3.05, 3.63) is 18.0 Å². The maximum absolute atomic E-state index is 4.64. The van der Waals surface area contributed by atoms with Gasteiger partial charge in [-0.3, -0.25) is 0 Å². The molecule has 0 radical (unpaired) electrons. The van der Waals surface area contributed by atoms with Crippen molar-refractivity contribution in [2.75, 3.05) is 18.0 Å². The molecule has 3 heteroatoms. The molecule has 0 aromatic carbocycles. The number of anilines is 1. The van der Waals surface area contributed by atoms with E-state index in [1.165, 1.54) is 12.8 Å². The lowest BCUT2D eigenvalue weighted by Gasteiger charge is -2.17. The van der Waals surface area contributed by atoms with Gasteiger partial charge in [0.05, 0.1) is 0 Å². The van der Waals surface area contributed by atoms with Crippen LogP contribution in [0, 0.1) is 5.92 Å². The van der Waals surface area contributed by atoms with Gasteiger partial charge in [-0.1, -0.05) is 27.2 Å². The van der Waals surface area contributed by atoms with E-state index in [4.69, 9.17) is 0 Å². The van der Waals surface area contributed by atoms with Gasteiger partial charge in [0.25, 0.3) is 0 Å². The minimum Gasteiger partial charge on any atom is -0.341 e. The maximum atomic E-state index is 4.64. The third kappa shape index (κ3) is 2.34. The minimum absolute atomic E-state index is 0.478. The van der Waals surface area contributed by atoms with Crippen LogP contribution in [0.25, 0.3) is 0 Å². The van der Waals surface area contributed by atoms with Crippen LogP contribution < -0.4 is 4.90 Å². The summed E-state index contributed by atoms with van der Waals surface area (Å²) in [6.45, 7) is 8.84. The van der Waals surface area contributed by atoms with Gasteiger partial charge in [0.15, 0.2) is 0 Å². The van der Waals surface area contributed by atoms with E-state index < -0.39 is 0 Å². The summed E-state index contributed by atoms with van der Waals surface area (Å²) < 4.78 is 0. The van der Waals surface area contributed by atoms with Crippen LogP contribution in [0.5, 0.6) is 0 Å². The Hall–Kier alpha value is -1.12. The Morgan fingerprint density at radius 1 is 1.50 bits per heavy atom. The molecule has 0 amide bonds. The summed E-state index contributed by atoms with van der Waals surface area (Å²) in [6.07, 6.45) is 4.43. The van der Waals surface area contributed by atoms with E-state index in [0.29, 0.717) is 5.92 Å². The molecule has 2 rings (SSSR count). The molecule has 0 saturated carbocycles. The summed E-state index contributed by atoms with van der Waals surface area (Å²) in [5.41, 5.74) is 1.14. The van der Waals surface area contributed by atoms with Crippen LogP contribution >= 0.6 is 0 Å². The summed E-state index contributed by atoms with van der Waals surface area (Å²) in [5.74, 6) is 2.22. The molecule has 0 aliphatic carbocycles. The van der Waals surface area contributed by atoms with Crippen molar-refractivity contribution in [1.29, 1.82) is 0 Å². The van der Waals surface area contributed by atoms with Crippen LogP contribution in [0.2, 0.25) is 0 Å². The van der Waals surface area contributed by atoms with Crippen molar-refractivity contribution in [1.82, 2.24) is 9.97 Å². The summed E-state index contributed by atoms with van der Waals surface area (Å²) in [6, 6.07) is 2.02. The highest BCUT2D eigenvalue weighted by Gasteiger charge is 2.23. The molecule has 16 heavy (non-hydrogen) atoms. The summed E-state index contributed by atoms with van der Waals surface area (Å²) >= 11 is 0. The first kappa shape index (κ1) is 11.4. The van der Waals surface area contributed by atoms with Crippen LogP contribution in [0.1, 0.15) is 45.2 Å². The van der Waals surface area contributed by atoms with Crippen LogP contribution in [0.15, 0.2) is 12.3 Å². The van der Waals surface area contributed by atoms with E-state index >= 15 is 0 Å². The van der Waals surface area contributed by atoms with Crippen molar-refractivity contribution < 1.29 is 0 Å². The number of hydrogen-bond donors (Lipinski definition) is 0. The van der Waals surface area contributed by atoms with E-state index in [1.54, 1.807) is 0 Å². The molecule has 1 fully saturated rings. The van der Waals surface area contributed by atoms with E-state index in [1.807, 2.05) is 12.3 Å². The topological polar surface area (TPSA) is 29.0 Å². The van der Waals surface area contributed by atoms with Crippen LogP contribution in [0.4, 0.5) is 5.95 Å². The Labute approximate surface area is 97.9 Å². The fourth-order valence-corrected chi connectivity index (χ4v) is 2.18. The largest absolute Gasteiger partial charge is 0.341 e. The predicted molar refractivity (Wildman–Crippen MR) is 66.7 cm³/mol. The second kappa shape index (κ2) is 4.81. The lowest BCUT2D eigenvalue weighted by Crippen LogP contribution is -2.22.